The highest BCUT2D eigenvalue weighted by Gasteiger charge is 2.34. The Morgan fingerprint density at radius 2 is 1.92 bits per heavy atom. The lowest BCUT2D eigenvalue weighted by Crippen LogP contribution is -2.34. The number of benzene rings is 2. The first kappa shape index (κ1) is 16.1. The van der Waals surface area contributed by atoms with E-state index in [0.29, 0.717) is 35.6 Å². The summed E-state index contributed by atoms with van der Waals surface area (Å²) in [7, 11) is 1.58. The molecule has 3 aromatic rings. The number of H-pyrrole nitrogens is 1. The van der Waals surface area contributed by atoms with Crippen molar-refractivity contribution in [2.45, 2.75) is 12.5 Å². The highest BCUT2D eigenvalue weighted by atomic mass is 16.5. The van der Waals surface area contributed by atoms with E-state index in [1.165, 1.54) is 0 Å². The quantitative estimate of drug-likeness (QED) is 0.753. The minimum atomic E-state index is -0.454. The van der Waals surface area contributed by atoms with E-state index in [9.17, 15) is 9.59 Å². The number of methoxy groups -OCH3 is 1. The first-order valence-electron chi connectivity index (χ1n) is 8.37. The molecule has 26 heavy (non-hydrogen) atoms. The van der Waals surface area contributed by atoms with Crippen LogP contribution in [-0.4, -0.2) is 35.6 Å². The van der Waals surface area contributed by atoms with Crippen LogP contribution in [0.1, 0.15) is 6.42 Å². The van der Waals surface area contributed by atoms with Crippen LogP contribution in [0, 0.1) is 0 Å². The predicted molar refractivity (Wildman–Crippen MR) is 99.7 cm³/mol. The zero-order valence-corrected chi connectivity index (χ0v) is 14.2. The largest absolute Gasteiger partial charge is 0.495 e. The molecule has 1 unspecified atom stereocenters. The number of aromatic nitrogens is 2. The van der Waals surface area contributed by atoms with Gasteiger partial charge in [-0.15, -0.1) is 0 Å². The van der Waals surface area contributed by atoms with Gasteiger partial charge in [0.25, 0.3) is 5.56 Å². The summed E-state index contributed by atoms with van der Waals surface area (Å²) in [5.74, 6) is 0.873. The maximum absolute atomic E-state index is 12.8. The van der Waals surface area contributed by atoms with Gasteiger partial charge in [-0.1, -0.05) is 24.3 Å². The minimum absolute atomic E-state index is 0.0784. The van der Waals surface area contributed by atoms with Gasteiger partial charge in [0.1, 0.15) is 11.8 Å². The third-order valence-electron chi connectivity index (χ3n) is 4.51. The fraction of sp³-hybridized carbons (Fsp3) is 0.211. The molecule has 0 radical (unpaired) electrons. The zero-order valence-electron chi connectivity index (χ0n) is 14.2. The number of ether oxygens (including phenoxy) is 1. The topological polar surface area (TPSA) is 87.3 Å². The average molecular weight is 350 g/mol. The van der Waals surface area contributed by atoms with Gasteiger partial charge in [0.15, 0.2) is 0 Å². The molecule has 4 rings (SSSR count). The Labute approximate surface area is 149 Å². The van der Waals surface area contributed by atoms with E-state index in [4.69, 9.17) is 4.74 Å². The standard InChI is InChI=1S/C19H18N4O3/c1-26-16-9-5-4-8-15(16)23-11-10-14(18(23)25)21-19-20-13-7-3-2-6-12(13)17(24)22-19/h2-9,14H,10-11H2,1H3,(H2,20,21,22,24). The van der Waals surface area contributed by atoms with Gasteiger partial charge in [-0.25, -0.2) is 4.98 Å². The second kappa shape index (κ2) is 6.51. The molecule has 132 valence electrons. The molecule has 0 spiro atoms. The van der Waals surface area contributed by atoms with Gasteiger partial charge in [0.2, 0.25) is 11.9 Å². The van der Waals surface area contributed by atoms with E-state index < -0.39 is 6.04 Å². The number of aromatic amines is 1. The van der Waals surface area contributed by atoms with Gasteiger partial charge >= 0.3 is 0 Å². The zero-order chi connectivity index (χ0) is 18.1. The Kier molecular flexibility index (Phi) is 4.04. The Morgan fingerprint density at radius 1 is 1.15 bits per heavy atom. The smallest absolute Gasteiger partial charge is 0.260 e. The summed E-state index contributed by atoms with van der Waals surface area (Å²) in [6.45, 7) is 0.564. The molecular formula is C19H18N4O3. The molecule has 2 heterocycles. The van der Waals surface area contributed by atoms with Gasteiger partial charge in [-0.3, -0.25) is 14.6 Å². The van der Waals surface area contributed by atoms with Crippen molar-refractivity contribution in [1.29, 1.82) is 0 Å². The van der Waals surface area contributed by atoms with Gasteiger partial charge in [0.05, 0.1) is 23.7 Å². The van der Waals surface area contributed by atoms with Crippen molar-refractivity contribution in [3.63, 3.8) is 0 Å². The van der Waals surface area contributed by atoms with Crippen LogP contribution in [0.3, 0.4) is 0 Å². The van der Waals surface area contributed by atoms with Crippen LogP contribution in [0.15, 0.2) is 53.3 Å². The van der Waals surface area contributed by atoms with Crippen LogP contribution in [-0.2, 0) is 4.79 Å². The summed E-state index contributed by atoms with van der Waals surface area (Å²) in [4.78, 5) is 33.8. The highest BCUT2D eigenvalue weighted by molar-refractivity contribution is 6.02. The molecule has 1 aliphatic heterocycles. The van der Waals surface area contributed by atoms with Crippen LogP contribution >= 0.6 is 0 Å². The number of nitrogens with zero attached hydrogens (tertiary/aromatic N) is 2. The maximum atomic E-state index is 12.8. The predicted octanol–water partition coefficient (Wildman–Crippen LogP) is 2.15. The number of hydrogen-bond acceptors (Lipinski definition) is 5. The molecule has 1 aliphatic rings. The average Bonchev–Trinajstić information content (AvgIpc) is 3.02. The lowest BCUT2D eigenvalue weighted by molar-refractivity contribution is -0.117. The lowest BCUT2D eigenvalue weighted by Gasteiger charge is -2.19. The molecule has 2 aromatic carbocycles. The van der Waals surface area contributed by atoms with Crippen LogP contribution in [0.4, 0.5) is 11.6 Å². The molecule has 7 nitrogen and oxygen atoms in total. The fourth-order valence-electron chi connectivity index (χ4n) is 3.23. The Morgan fingerprint density at radius 3 is 2.77 bits per heavy atom. The number of anilines is 2. The molecule has 0 bridgehead atoms. The minimum Gasteiger partial charge on any atom is -0.495 e. The SMILES string of the molecule is COc1ccccc1N1CCC(Nc2nc3ccccc3c(=O)[nH]2)C1=O. The molecule has 1 saturated heterocycles. The number of carbonyl (C=O) groups is 1. The van der Waals surface area contributed by atoms with Crippen molar-refractivity contribution < 1.29 is 9.53 Å². The number of nitrogens with one attached hydrogen (secondary N) is 2. The van der Waals surface area contributed by atoms with E-state index >= 15 is 0 Å². The second-order valence-electron chi connectivity index (χ2n) is 6.08. The van der Waals surface area contributed by atoms with E-state index in [-0.39, 0.29) is 11.5 Å². The first-order valence-corrected chi connectivity index (χ1v) is 8.37. The molecule has 1 aromatic heterocycles. The van der Waals surface area contributed by atoms with Crippen LogP contribution in [0.25, 0.3) is 10.9 Å². The Hall–Kier alpha value is -3.35. The second-order valence-corrected chi connectivity index (χ2v) is 6.08. The number of para-hydroxylation sites is 3. The molecule has 0 aliphatic carbocycles. The molecule has 1 fully saturated rings. The van der Waals surface area contributed by atoms with Crippen LogP contribution in [0.5, 0.6) is 5.75 Å². The first-order chi connectivity index (χ1) is 12.7. The maximum Gasteiger partial charge on any atom is 0.260 e. The van der Waals surface area contributed by atoms with Crippen molar-refractivity contribution in [1.82, 2.24) is 9.97 Å². The molecule has 2 N–H and O–H groups in total. The number of hydrogen-bond donors (Lipinski definition) is 2. The summed E-state index contributed by atoms with van der Waals surface area (Å²) in [5.41, 5.74) is 1.10. The van der Waals surface area contributed by atoms with Gasteiger partial charge < -0.3 is 15.0 Å². The van der Waals surface area contributed by atoms with Crippen LogP contribution < -0.4 is 20.5 Å². The van der Waals surface area contributed by atoms with Gasteiger partial charge in [0, 0.05) is 6.54 Å². The number of rotatable bonds is 4. The summed E-state index contributed by atoms with van der Waals surface area (Å²) >= 11 is 0. The van der Waals surface area contributed by atoms with Crippen molar-refractivity contribution in [2.75, 3.05) is 23.9 Å². The summed E-state index contributed by atoms with van der Waals surface area (Å²) in [5, 5.41) is 3.58. The summed E-state index contributed by atoms with van der Waals surface area (Å²) in [6, 6.07) is 14.1. The third kappa shape index (κ3) is 2.77. The molecule has 0 saturated carbocycles. The van der Waals surface area contributed by atoms with E-state index in [1.54, 1.807) is 30.2 Å². The van der Waals surface area contributed by atoms with Gasteiger partial charge in [-0.05, 0) is 30.7 Å². The molecular weight excluding hydrogens is 332 g/mol. The Bertz CT molecular complexity index is 1030. The van der Waals surface area contributed by atoms with Crippen molar-refractivity contribution in [3.8, 4) is 5.75 Å². The van der Waals surface area contributed by atoms with E-state index in [0.717, 1.165) is 5.69 Å². The van der Waals surface area contributed by atoms with Crippen molar-refractivity contribution >= 4 is 28.4 Å². The molecule has 1 amide bonds. The number of fused-ring (bicyclic) bond motifs is 1. The number of carbonyl (C=O) groups excluding carboxylic acids is 1. The highest BCUT2D eigenvalue weighted by Crippen LogP contribution is 2.31. The Balaban J connectivity index is 1.59. The number of amides is 1. The molecule has 7 heteroatoms. The fourth-order valence-corrected chi connectivity index (χ4v) is 3.23. The van der Waals surface area contributed by atoms with Crippen molar-refractivity contribution in [2.24, 2.45) is 0 Å². The van der Waals surface area contributed by atoms with Gasteiger partial charge in [-0.2, -0.15) is 0 Å². The third-order valence-corrected chi connectivity index (χ3v) is 4.51. The van der Waals surface area contributed by atoms with E-state index in [2.05, 4.69) is 15.3 Å². The summed E-state index contributed by atoms with van der Waals surface area (Å²) < 4.78 is 5.35. The van der Waals surface area contributed by atoms with E-state index in [1.807, 2.05) is 30.3 Å². The van der Waals surface area contributed by atoms with Crippen LogP contribution in [0.2, 0.25) is 0 Å². The van der Waals surface area contributed by atoms with Crippen molar-refractivity contribution in [3.05, 3.63) is 58.9 Å². The lowest BCUT2D eigenvalue weighted by atomic mass is 10.2. The normalized spacial score (nSPS) is 16.9. The summed E-state index contributed by atoms with van der Waals surface area (Å²) in [6.07, 6.45) is 0.605. The molecule has 1 atom stereocenters. The monoisotopic (exact) mass is 350 g/mol.